The van der Waals surface area contributed by atoms with Crippen molar-refractivity contribution in [1.29, 1.82) is 0 Å². The van der Waals surface area contributed by atoms with Crippen LogP contribution < -0.4 is 10.1 Å². The second kappa shape index (κ2) is 11.0. The average Bonchev–Trinajstić information content (AvgIpc) is 3.42. The third-order valence-corrected chi connectivity index (χ3v) is 7.22. The summed E-state index contributed by atoms with van der Waals surface area (Å²) in [5, 5.41) is 19.9. The first-order chi connectivity index (χ1) is 21.0. The van der Waals surface area contributed by atoms with E-state index < -0.39 is 22.7 Å². The number of hydrogen-bond acceptors (Lipinski definition) is 6. The predicted molar refractivity (Wildman–Crippen MR) is 158 cm³/mol. The number of anilines is 1. The molecule has 0 bridgehead atoms. The molecule has 220 valence electrons. The third-order valence-electron chi connectivity index (χ3n) is 6.80. The number of ether oxygens (including phenoxy) is 1. The van der Waals surface area contributed by atoms with Gasteiger partial charge < -0.3 is 10.1 Å². The van der Waals surface area contributed by atoms with Gasteiger partial charge in [-0.15, -0.1) is 0 Å². The van der Waals surface area contributed by atoms with Crippen LogP contribution in [0.25, 0.3) is 27.7 Å². The molecule has 6 rings (SSSR count). The van der Waals surface area contributed by atoms with E-state index in [-0.39, 0.29) is 34.0 Å². The van der Waals surface area contributed by atoms with Gasteiger partial charge in [-0.1, -0.05) is 54.1 Å². The summed E-state index contributed by atoms with van der Waals surface area (Å²) in [6.07, 6.45) is -3.86. The van der Waals surface area contributed by atoms with Crippen molar-refractivity contribution in [3.8, 4) is 22.8 Å². The molecule has 0 spiro atoms. The van der Waals surface area contributed by atoms with E-state index in [9.17, 15) is 28.1 Å². The molecule has 9 nitrogen and oxygen atoms in total. The van der Waals surface area contributed by atoms with Gasteiger partial charge in [0.25, 0.3) is 11.6 Å². The number of carbonyl (C=O) groups excluding carboxylic acids is 1. The molecule has 0 aliphatic heterocycles. The number of rotatable bonds is 6. The molecule has 0 unspecified atom stereocenters. The van der Waals surface area contributed by atoms with Crippen LogP contribution in [0, 0.1) is 17.0 Å². The standard InChI is InChI=1S/C31H19ClF3N5O4/c1-17-11-21(9-10-26(17)32)44-22-13-19(12-20(14-22)40(42)43)37-30(41)25-16-36-39-28(31(33,34)35)15-27(38-29(25)39)24-8-4-6-18-5-2-3-7-23(18)24/h2-16H,1H3,(H,37,41). The zero-order valence-corrected chi connectivity index (χ0v) is 23.3. The number of carbonyl (C=O) groups is 1. The predicted octanol–water partition coefficient (Wildman–Crippen LogP) is 8.48. The van der Waals surface area contributed by atoms with Crippen LogP contribution in [-0.4, -0.2) is 25.4 Å². The molecule has 1 N–H and O–H groups in total. The highest BCUT2D eigenvalue weighted by atomic mass is 35.5. The van der Waals surface area contributed by atoms with Gasteiger partial charge in [0.15, 0.2) is 11.3 Å². The fraction of sp³-hybridized carbons (Fsp3) is 0.0645. The van der Waals surface area contributed by atoms with E-state index in [1.165, 1.54) is 12.1 Å². The minimum absolute atomic E-state index is 0.0135. The number of nitrogens with zero attached hydrogens (tertiary/aromatic N) is 4. The number of amides is 1. The van der Waals surface area contributed by atoms with E-state index in [1.54, 1.807) is 49.4 Å². The number of non-ortho nitro benzene ring substituents is 1. The first-order valence-electron chi connectivity index (χ1n) is 13.0. The molecule has 0 fully saturated rings. The SMILES string of the molecule is Cc1cc(Oc2cc(NC(=O)c3cnn4c(C(F)(F)F)cc(-c5cccc6ccccc56)nc34)cc([N+](=O)[O-])c2)ccc1Cl. The summed E-state index contributed by atoms with van der Waals surface area (Å²) < 4.78 is 48.9. The van der Waals surface area contributed by atoms with Crippen LogP contribution >= 0.6 is 11.6 Å². The van der Waals surface area contributed by atoms with Gasteiger partial charge in [0, 0.05) is 22.7 Å². The molecule has 0 atom stereocenters. The van der Waals surface area contributed by atoms with Gasteiger partial charge in [-0.3, -0.25) is 14.9 Å². The summed E-state index contributed by atoms with van der Waals surface area (Å²) >= 11 is 6.06. The lowest BCUT2D eigenvalue weighted by atomic mass is 10.0. The molecule has 1 amide bonds. The van der Waals surface area contributed by atoms with Crippen LogP contribution in [0.2, 0.25) is 5.02 Å². The number of hydrogen-bond donors (Lipinski definition) is 1. The Kier molecular flexibility index (Phi) is 7.14. The summed E-state index contributed by atoms with van der Waals surface area (Å²) in [5.74, 6) is -0.506. The molecule has 0 saturated carbocycles. The van der Waals surface area contributed by atoms with Gasteiger partial charge in [0.1, 0.15) is 17.1 Å². The highest BCUT2D eigenvalue weighted by molar-refractivity contribution is 6.31. The second-order valence-electron chi connectivity index (χ2n) is 9.78. The maximum absolute atomic E-state index is 14.2. The Labute approximate surface area is 251 Å². The molecule has 2 aromatic heterocycles. The van der Waals surface area contributed by atoms with Crippen molar-refractivity contribution in [2.75, 3.05) is 5.32 Å². The van der Waals surface area contributed by atoms with Gasteiger partial charge in [-0.2, -0.15) is 18.3 Å². The highest BCUT2D eigenvalue weighted by Gasteiger charge is 2.36. The zero-order chi connectivity index (χ0) is 31.2. The number of benzene rings is 4. The topological polar surface area (TPSA) is 112 Å². The summed E-state index contributed by atoms with van der Waals surface area (Å²) in [4.78, 5) is 28.8. The van der Waals surface area contributed by atoms with Crippen LogP contribution in [0.5, 0.6) is 11.5 Å². The summed E-state index contributed by atoms with van der Waals surface area (Å²) in [6, 6.07) is 21.6. The summed E-state index contributed by atoms with van der Waals surface area (Å²) in [7, 11) is 0. The number of aromatic nitrogens is 3. The van der Waals surface area contributed by atoms with Crippen molar-refractivity contribution in [2.45, 2.75) is 13.1 Å². The van der Waals surface area contributed by atoms with Crippen molar-refractivity contribution in [1.82, 2.24) is 14.6 Å². The maximum atomic E-state index is 14.2. The van der Waals surface area contributed by atoms with Crippen LogP contribution in [0.15, 0.2) is 91.1 Å². The Bertz CT molecular complexity index is 2110. The van der Waals surface area contributed by atoms with E-state index in [2.05, 4.69) is 15.4 Å². The second-order valence-corrected chi connectivity index (χ2v) is 10.2. The van der Waals surface area contributed by atoms with Crippen molar-refractivity contribution in [3.05, 3.63) is 123 Å². The van der Waals surface area contributed by atoms with E-state index >= 15 is 0 Å². The number of nitro groups is 1. The largest absolute Gasteiger partial charge is 0.457 e. The molecule has 0 saturated heterocycles. The lowest BCUT2D eigenvalue weighted by Crippen LogP contribution is -2.16. The van der Waals surface area contributed by atoms with Crippen LogP contribution in [0.4, 0.5) is 24.5 Å². The lowest BCUT2D eigenvalue weighted by molar-refractivity contribution is -0.384. The quantitative estimate of drug-likeness (QED) is 0.148. The van der Waals surface area contributed by atoms with Gasteiger partial charge in [-0.25, -0.2) is 9.50 Å². The fourth-order valence-corrected chi connectivity index (χ4v) is 4.86. The monoisotopic (exact) mass is 617 g/mol. The number of aryl methyl sites for hydroxylation is 1. The van der Waals surface area contributed by atoms with Crippen molar-refractivity contribution < 1.29 is 27.6 Å². The van der Waals surface area contributed by atoms with Crippen molar-refractivity contribution in [3.63, 3.8) is 0 Å². The zero-order valence-electron chi connectivity index (χ0n) is 22.6. The van der Waals surface area contributed by atoms with E-state index in [0.29, 0.717) is 31.8 Å². The molecule has 0 aliphatic rings. The van der Waals surface area contributed by atoms with E-state index in [0.717, 1.165) is 23.7 Å². The molecule has 13 heteroatoms. The molecular formula is C31H19ClF3N5O4. The fourth-order valence-electron chi connectivity index (χ4n) is 4.75. The van der Waals surface area contributed by atoms with Crippen LogP contribution in [0.3, 0.4) is 0 Å². The molecule has 44 heavy (non-hydrogen) atoms. The normalized spacial score (nSPS) is 11.6. The van der Waals surface area contributed by atoms with Gasteiger partial charge >= 0.3 is 6.18 Å². The first kappa shape index (κ1) is 28.6. The lowest BCUT2D eigenvalue weighted by Gasteiger charge is -2.13. The first-order valence-corrected chi connectivity index (χ1v) is 13.3. The average molecular weight is 618 g/mol. The molecule has 0 radical (unpaired) electrons. The minimum Gasteiger partial charge on any atom is -0.457 e. The van der Waals surface area contributed by atoms with E-state index in [4.69, 9.17) is 16.3 Å². The Morgan fingerprint density at radius 2 is 1.77 bits per heavy atom. The number of nitrogens with one attached hydrogen (secondary N) is 1. The van der Waals surface area contributed by atoms with Crippen LogP contribution in [-0.2, 0) is 6.18 Å². The smallest absolute Gasteiger partial charge is 0.433 e. The molecular weight excluding hydrogens is 599 g/mol. The molecule has 2 heterocycles. The Morgan fingerprint density at radius 1 is 1.00 bits per heavy atom. The maximum Gasteiger partial charge on any atom is 0.433 e. The Balaban J connectivity index is 1.41. The van der Waals surface area contributed by atoms with Gasteiger partial charge in [0.05, 0.1) is 28.6 Å². The Hall–Kier alpha value is -5.49. The molecule has 6 aromatic rings. The van der Waals surface area contributed by atoms with Gasteiger partial charge in [-0.05, 0) is 47.5 Å². The molecule has 4 aromatic carbocycles. The van der Waals surface area contributed by atoms with Crippen LogP contribution in [0.1, 0.15) is 21.6 Å². The molecule has 0 aliphatic carbocycles. The third kappa shape index (κ3) is 5.50. The number of fused-ring (bicyclic) bond motifs is 2. The number of nitro benzene ring substituents is 1. The van der Waals surface area contributed by atoms with E-state index in [1.807, 2.05) is 18.2 Å². The minimum atomic E-state index is -4.83. The summed E-state index contributed by atoms with van der Waals surface area (Å²) in [5.41, 5.74) is -1.05. The Morgan fingerprint density at radius 3 is 2.52 bits per heavy atom. The van der Waals surface area contributed by atoms with Crippen molar-refractivity contribution in [2.24, 2.45) is 0 Å². The highest BCUT2D eigenvalue weighted by Crippen LogP contribution is 2.36. The number of alkyl halides is 3. The number of halogens is 4. The summed E-state index contributed by atoms with van der Waals surface area (Å²) in [6.45, 7) is 1.76. The van der Waals surface area contributed by atoms with Crippen molar-refractivity contribution >= 4 is 45.3 Å². The van der Waals surface area contributed by atoms with Gasteiger partial charge in [0.2, 0.25) is 0 Å².